The second kappa shape index (κ2) is 5.55. The number of nitrogens with one attached hydrogen (secondary N) is 1. The van der Waals surface area contributed by atoms with Gasteiger partial charge in [-0.3, -0.25) is 10.1 Å². The third-order valence-corrected chi connectivity index (χ3v) is 2.16. The molecular formula is C9H14N2O2. The SMILES string of the molecule is N#CNC(=O)CCC1CCCCO1. The molecule has 1 heterocycles. The summed E-state index contributed by atoms with van der Waals surface area (Å²) in [5, 5.41) is 10.3. The molecule has 0 spiro atoms. The van der Waals surface area contributed by atoms with Gasteiger partial charge in [0.1, 0.15) is 0 Å². The Morgan fingerprint density at radius 3 is 3.08 bits per heavy atom. The Hall–Kier alpha value is -1.08. The number of amides is 1. The molecule has 1 rings (SSSR count). The predicted molar refractivity (Wildman–Crippen MR) is 46.6 cm³/mol. The molecular weight excluding hydrogens is 168 g/mol. The van der Waals surface area contributed by atoms with Crippen molar-refractivity contribution in [1.82, 2.24) is 5.32 Å². The molecule has 0 aliphatic carbocycles. The van der Waals surface area contributed by atoms with Gasteiger partial charge >= 0.3 is 0 Å². The zero-order valence-corrected chi connectivity index (χ0v) is 7.58. The number of nitriles is 1. The third-order valence-electron chi connectivity index (χ3n) is 2.16. The molecule has 0 aromatic heterocycles. The molecule has 1 fully saturated rings. The van der Waals surface area contributed by atoms with Crippen LogP contribution in [0.1, 0.15) is 32.1 Å². The minimum Gasteiger partial charge on any atom is -0.378 e. The Bertz CT molecular complexity index is 204. The van der Waals surface area contributed by atoms with Crippen molar-refractivity contribution in [3.8, 4) is 6.19 Å². The summed E-state index contributed by atoms with van der Waals surface area (Å²) in [6.07, 6.45) is 6.30. The molecule has 72 valence electrons. The van der Waals surface area contributed by atoms with Gasteiger partial charge in [0.15, 0.2) is 6.19 Å². The molecule has 0 saturated carbocycles. The molecule has 0 aromatic carbocycles. The summed E-state index contributed by atoms with van der Waals surface area (Å²) >= 11 is 0. The van der Waals surface area contributed by atoms with Crippen LogP contribution in [0.15, 0.2) is 0 Å². The number of ether oxygens (including phenoxy) is 1. The van der Waals surface area contributed by atoms with Gasteiger partial charge in [0.05, 0.1) is 6.10 Å². The lowest BCUT2D eigenvalue weighted by Gasteiger charge is -2.21. The van der Waals surface area contributed by atoms with Crippen LogP contribution < -0.4 is 5.32 Å². The number of carbonyl (C=O) groups excluding carboxylic acids is 1. The van der Waals surface area contributed by atoms with Crippen molar-refractivity contribution in [3.05, 3.63) is 0 Å². The molecule has 1 unspecified atom stereocenters. The Labute approximate surface area is 77.9 Å². The highest BCUT2D eigenvalue weighted by atomic mass is 16.5. The smallest absolute Gasteiger partial charge is 0.233 e. The van der Waals surface area contributed by atoms with Gasteiger partial charge < -0.3 is 4.74 Å². The lowest BCUT2D eigenvalue weighted by molar-refractivity contribution is -0.121. The molecule has 1 saturated heterocycles. The lowest BCUT2D eigenvalue weighted by Crippen LogP contribution is -2.23. The summed E-state index contributed by atoms with van der Waals surface area (Å²) in [4.78, 5) is 10.9. The highest BCUT2D eigenvalue weighted by Gasteiger charge is 2.14. The molecule has 1 atom stereocenters. The zero-order chi connectivity index (χ0) is 9.52. The van der Waals surface area contributed by atoms with E-state index >= 15 is 0 Å². The molecule has 0 radical (unpaired) electrons. The maximum absolute atomic E-state index is 10.9. The molecule has 13 heavy (non-hydrogen) atoms. The standard InChI is InChI=1S/C9H14N2O2/c10-7-11-9(12)5-4-8-3-1-2-6-13-8/h8H,1-6H2,(H,11,12). The van der Waals surface area contributed by atoms with E-state index in [2.05, 4.69) is 5.32 Å². The molecule has 0 bridgehead atoms. The molecule has 4 nitrogen and oxygen atoms in total. The Kier molecular flexibility index (Phi) is 4.27. The fourth-order valence-corrected chi connectivity index (χ4v) is 1.45. The first kappa shape index (κ1) is 10.0. The van der Waals surface area contributed by atoms with Crippen LogP contribution in [0, 0.1) is 11.5 Å². The van der Waals surface area contributed by atoms with Gasteiger partial charge in [0, 0.05) is 13.0 Å². The fourth-order valence-electron chi connectivity index (χ4n) is 1.45. The highest BCUT2D eigenvalue weighted by molar-refractivity contribution is 5.77. The van der Waals surface area contributed by atoms with E-state index in [1.54, 1.807) is 6.19 Å². The first-order chi connectivity index (χ1) is 6.33. The number of nitrogens with zero attached hydrogens (tertiary/aromatic N) is 1. The van der Waals surface area contributed by atoms with E-state index in [4.69, 9.17) is 10.00 Å². The van der Waals surface area contributed by atoms with E-state index in [9.17, 15) is 4.79 Å². The van der Waals surface area contributed by atoms with Gasteiger partial charge in [-0.2, -0.15) is 5.26 Å². The lowest BCUT2D eigenvalue weighted by atomic mass is 10.0. The second-order valence-electron chi connectivity index (χ2n) is 3.19. The number of hydrogen-bond donors (Lipinski definition) is 1. The van der Waals surface area contributed by atoms with Crippen molar-refractivity contribution in [2.75, 3.05) is 6.61 Å². The van der Waals surface area contributed by atoms with Gasteiger partial charge in [-0.25, -0.2) is 0 Å². The summed E-state index contributed by atoms with van der Waals surface area (Å²) in [5.74, 6) is -0.211. The highest BCUT2D eigenvalue weighted by Crippen LogP contribution is 2.16. The molecule has 4 heteroatoms. The quantitative estimate of drug-likeness (QED) is 0.521. The van der Waals surface area contributed by atoms with Crippen LogP contribution in [0.3, 0.4) is 0 Å². The van der Waals surface area contributed by atoms with E-state index in [1.807, 2.05) is 0 Å². The molecule has 1 aliphatic rings. The molecule has 1 amide bonds. The van der Waals surface area contributed by atoms with Crippen LogP contribution in [0.2, 0.25) is 0 Å². The first-order valence-corrected chi connectivity index (χ1v) is 4.62. The maximum atomic E-state index is 10.9. The van der Waals surface area contributed by atoms with E-state index in [-0.39, 0.29) is 12.0 Å². The van der Waals surface area contributed by atoms with E-state index < -0.39 is 0 Å². The van der Waals surface area contributed by atoms with Crippen LogP contribution in [0.25, 0.3) is 0 Å². The van der Waals surface area contributed by atoms with Crippen molar-refractivity contribution in [2.24, 2.45) is 0 Å². The summed E-state index contributed by atoms with van der Waals surface area (Å²) in [7, 11) is 0. The molecule has 0 aromatic rings. The molecule has 1 aliphatic heterocycles. The van der Waals surface area contributed by atoms with Gasteiger partial charge in [0.25, 0.3) is 0 Å². The van der Waals surface area contributed by atoms with E-state index in [1.165, 1.54) is 6.42 Å². The zero-order valence-electron chi connectivity index (χ0n) is 7.58. The third kappa shape index (κ3) is 3.90. The van der Waals surface area contributed by atoms with E-state index in [0.29, 0.717) is 6.42 Å². The van der Waals surface area contributed by atoms with Crippen molar-refractivity contribution >= 4 is 5.91 Å². The summed E-state index contributed by atoms with van der Waals surface area (Å²) < 4.78 is 5.44. The topological polar surface area (TPSA) is 62.1 Å². The van der Waals surface area contributed by atoms with Crippen molar-refractivity contribution in [2.45, 2.75) is 38.2 Å². The van der Waals surface area contributed by atoms with Gasteiger partial charge in [-0.1, -0.05) is 0 Å². The largest absolute Gasteiger partial charge is 0.378 e. The Balaban J connectivity index is 2.10. The summed E-state index contributed by atoms with van der Waals surface area (Å²) in [6, 6.07) is 0. The predicted octanol–water partition coefficient (Wildman–Crippen LogP) is 0.933. The van der Waals surface area contributed by atoms with E-state index in [0.717, 1.165) is 25.9 Å². The fraction of sp³-hybridized carbons (Fsp3) is 0.778. The summed E-state index contributed by atoms with van der Waals surface area (Å²) in [6.45, 7) is 0.810. The van der Waals surface area contributed by atoms with Crippen LogP contribution in [0.5, 0.6) is 0 Å². The summed E-state index contributed by atoms with van der Waals surface area (Å²) in [5.41, 5.74) is 0. The van der Waals surface area contributed by atoms with Gasteiger partial charge in [-0.15, -0.1) is 0 Å². The van der Waals surface area contributed by atoms with Crippen molar-refractivity contribution in [3.63, 3.8) is 0 Å². The first-order valence-electron chi connectivity index (χ1n) is 4.62. The maximum Gasteiger partial charge on any atom is 0.233 e. The number of rotatable bonds is 3. The Morgan fingerprint density at radius 1 is 1.62 bits per heavy atom. The van der Waals surface area contributed by atoms with Crippen LogP contribution in [0.4, 0.5) is 0 Å². The number of carbonyl (C=O) groups is 1. The van der Waals surface area contributed by atoms with Crippen molar-refractivity contribution in [1.29, 1.82) is 5.26 Å². The molecule has 1 N–H and O–H groups in total. The van der Waals surface area contributed by atoms with Gasteiger partial charge in [-0.05, 0) is 25.7 Å². The van der Waals surface area contributed by atoms with Crippen LogP contribution >= 0.6 is 0 Å². The Morgan fingerprint density at radius 2 is 2.46 bits per heavy atom. The van der Waals surface area contributed by atoms with Crippen molar-refractivity contribution < 1.29 is 9.53 Å². The van der Waals surface area contributed by atoms with Crippen LogP contribution in [-0.2, 0) is 9.53 Å². The van der Waals surface area contributed by atoms with Crippen LogP contribution in [-0.4, -0.2) is 18.6 Å². The minimum atomic E-state index is -0.211. The monoisotopic (exact) mass is 182 g/mol. The normalized spacial score (nSPS) is 21.9. The minimum absolute atomic E-state index is 0.211. The average Bonchev–Trinajstić information content (AvgIpc) is 2.17. The number of hydrogen-bond acceptors (Lipinski definition) is 3. The van der Waals surface area contributed by atoms with Gasteiger partial charge in [0.2, 0.25) is 5.91 Å². The second-order valence-corrected chi connectivity index (χ2v) is 3.19. The average molecular weight is 182 g/mol.